The van der Waals surface area contributed by atoms with E-state index >= 15 is 0 Å². The number of rotatable bonds is 0. The third-order valence-corrected chi connectivity index (χ3v) is 10.2. The van der Waals surface area contributed by atoms with Crippen LogP contribution < -0.4 is 10.7 Å². The molecule has 6 rings (SSSR count). The van der Waals surface area contributed by atoms with Gasteiger partial charge in [0.1, 0.15) is 6.17 Å². The lowest BCUT2D eigenvalue weighted by molar-refractivity contribution is -0.165. The number of thioether (sulfide) groups is 1. The van der Waals surface area contributed by atoms with Crippen LogP contribution in [-0.2, 0) is 4.79 Å². The van der Waals surface area contributed by atoms with Crippen LogP contribution in [-0.4, -0.2) is 34.3 Å². The zero-order chi connectivity index (χ0) is 15.8. The first-order chi connectivity index (χ1) is 11.8. The first kappa shape index (κ1) is 14.9. The highest BCUT2D eigenvalue weighted by atomic mass is 32.2. The van der Waals surface area contributed by atoms with Crippen LogP contribution in [0.15, 0.2) is 0 Å². The van der Waals surface area contributed by atoms with Gasteiger partial charge in [-0.25, -0.2) is 5.43 Å². The summed E-state index contributed by atoms with van der Waals surface area (Å²) in [6, 6.07) is 0. The number of fused-ring (bicyclic) bond motifs is 4. The Labute approximate surface area is 148 Å². The maximum Gasteiger partial charge on any atom is 0.241 e. The van der Waals surface area contributed by atoms with Gasteiger partial charge in [-0.05, 0) is 68.1 Å². The summed E-state index contributed by atoms with van der Waals surface area (Å²) in [6.07, 6.45) is 11.3. The van der Waals surface area contributed by atoms with Crippen LogP contribution in [0.25, 0.3) is 0 Å². The van der Waals surface area contributed by atoms with E-state index in [1.807, 2.05) is 5.01 Å². The molecule has 0 bridgehead atoms. The molecule has 3 saturated carbocycles. The van der Waals surface area contributed by atoms with E-state index in [1.54, 1.807) is 0 Å². The van der Waals surface area contributed by atoms with Crippen molar-refractivity contribution in [3.63, 3.8) is 0 Å². The monoisotopic (exact) mass is 347 g/mol. The van der Waals surface area contributed by atoms with E-state index in [0.29, 0.717) is 23.7 Å². The fourth-order valence-corrected chi connectivity index (χ4v) is 9.77. The van der Waals surface area contributed by atoms with Crippen LogP contribution in [0, 0.1) is 35.5 Å². The largest absolute Gasteiger partial charge is 0.282 e. The van der Waals surface area contributed by atoms with Gasteiger partial charge in [0.15, 0.2) is 0 Å². The number of hydrogen-bond donors (Lipinski definition) is 2. The minimum absolute atomic E-state index is 0.271. The number of nitrogens with one attached hydrogen (secondary N) is 2. The molecule has 4 nitrogen and oxygen atoms in total. The van der Waals surface area contributed by atoms with E-state index in [1.165, 1.54) is 44.9 Å². The Balaban J connectivity index is 1.38. The molecule has 9 atom stereocenters. The Bertz CT molecular complexity index is 557. The van der Waals surface area contributed by atoms with Crippen molar-refractivity contribution < 1.29 is 4.79 Å². The van der Waals surface area contributed by atoms with E-state index in [0.717, 1.165) is 41.3 Å². The summed E-state index contributed by atoms with van der Waals surface area (Å²) < 4.78 is 0. The van der Waals surface area contributed by atoms with Crippen molar-refractivity contribution in [2.24, 2.45) is 35.5 Å². The van der Waals surface area contributed by atoms with Gasteiger partial charge in [-0.2, -0.15) is 11.8 Å². The van der Waals surface area contributed by atoms with Gasteiger partial charge in [-0.1, -0.05) is 12.8 Å². The molecular weight excluding hydrogens is 318 g/mol. The Morgan fingerprint density at radius 1 is 0.875 bits per heavy atom. The molecule has 9 unspecified atom stereocenters. The zero-order valence-electron chi connectivity index (χ0n) is 14.3. The molecule has 0 spiro atoms. The van der Waals surface area contributed by atoms with Crippen LogP contribution >= 0.6 is 11.8 Å². The highest BCUT2D eigenvalue weighted by molar-refractivity contribution is 8.00. The lowest BCUT2D eigenvalue weighted by atomic mass is 9.51. The Morgan fingerprint density at radius 3 is 2.71 bits per heavy atom. The molecule has 2 N–H and O–H groups in total. The summed E-state index contributed by atoms with van der Waals surface area (Å²) in [6.45, 7) is 0.767. The van der Waals surface area contributed by atoms with Crippen LogP contribution in [0.3, 0.4) is 0 Å². The van der Waals surface area contributed by atoms with Gasteiger partial charge in [0, 0.05) is 16.4 Å². The second kappa shape index (κ2) is 5.37. The number of carbonyl (C=O) groups excluding carboxylic acids is 1. The molecular formula is C19H29N3OS. The Morgan fingerprint density at radius 2 is 1.75 bits per heavy atom. The lowest BCUT2D eigenvalue weighted by Gasteiger charge is -2.62. The summed E-state index contributed by atoms with van der Waals surface area (Å²) in [4.78, 5) is 13.1. The standard InChI is InChI=1S/C19H29N3OS/c23-19-13-7-8-15-17-11(10-3-1-2-4-14(10)24-15)5-6-12(16(13)17)18-20-9-21-22(18)19/h10-18,20-21H,1-9H2. The molecule has 3 heterocycles. The molecule has 0 aromatic rings. The highest BCUT2D eigenvalue weighted by Crippen LogP contribution is 2.63. The molecule has 0 aromatic heterocycles. The molecule has 5 heteroatoms. The van der Waals surface area contributed by atoms with Gasteiger partial charge in [0.25, 0.3) is 0 Å². The lowest BCUT2D eigenvalue weighted by Crippen LogP contribution is -2.66. The van der Waals surface area contributed by atoms with E-state index in [4.69, 9.17) is 0 Å². The minimum Gasteiger partial charge on any atom is -0.282 e. The van der Waals surface area contributed by atoms with Crippen molar-refractivity contribution in [2.75, 3.05) is 6.67 Å². The van der Waals surface area contributed by atoms with Gasteiger partial charge < -0.3 is 0 Å². The molecule has 6 fully saturated rings. The molecule has 3 aliphatic carbocycles. The molecule has 0 radical (unpaired) electrons. The summed E-state index contributed by atoms with van der Waals surface area (Å²) >= 11 is 2.36. The predicted octanol–water partition coefficient (Wildman–Crippen LogP) is 2.56. The molecule has 24 heavy (non-hydrogen) atoms. The van der Waals surface area contributed by atoms with Gasteiger partial charge in [-0.15, -0.1) is 0 Å². The van der Waals surface area contributed by atoms with Crippen molar-refractivity contribution in [1.82, 2.24) is 15.8 Å². The second-order valence-electron chi connectivity index (χ2n) is 9.10. The number of piperidine rings is 1. The van der Waals surface area contributed by atoms with Crippen molar-refractivity contribution in [3.8, 4) is 0 Å². The number of nitrogens with zero attached hydrogens (tertiary/aromatic N) is 1. The zero-order valence-corrected chi connectivity index (χ0v) is 15.1. The maximum absolute atomic E-state index is 13.1. The average Bonchev–Trinajstić information content (AvgIpc) is 3.11. The minimum atomic E-state index is 0.271. The van der Waals surface area contributed by atoms with Crippen molar-refractivity contribution in [1.29, 1.82) is 0 Å². The summed E-state index contributed by atoms with van der Waals surface area (Å²) in [5.41, 5.74) is 3.31. The first-order valence-corrected chi connectivity index (χ1v) is 11.2. The Kier molecular flexibility index (Phi) is 3.33. The van der Waals surface area contributed by atoms with Gasteiger partial charge in [0.05, 0.1) is 6.67 Å². The van der Waals surface area contributed by atoms with Gasteiger partial charge in [0.2, 0.25) is 5.91 Å². The molecule has 132 valence electrons. The smallest absolute Gasteiger partial charge is 0.241 e. The fraction of sp³-hybridized carbons (Fsp3) is 0.947. The molecule has 0 aromatic carbocycles. The van der Waals surface area contributed by atoms with Gasteiger partial charge in [-0.3, -0.25) is 15.1 Å². The predicted molar refractivity (Wildman–Crippen MR) is 94.8 cm³/mol. The van der Waals surface area contributed by atoms with Crippen molar-refractivity contribution in [3.05, 3.63) is 0 Å². The quantitative estimate of drug-likeness (QED) is 0.707. The third-order valence-electron chi connectivity index (χ3n) is 8.37. The molecule has 6 aliphatic rings. The normalized spacial score (nSPS) is 55.6. The molecule has 3 aliphatic heterocycles. The average molecular weight is 348 g/mol. The molecule has 3 saturated heterocycles. The van der Waals surface area contributed by atoms with E-state index < -0.39 is 0 Å². The van der Waals surface area contributed by atoms with Crippen LogP contribution in [0.4, 0.5) is 0 Å². The van der Waals surface area contributed by atoms with Crippen LogP contribution in [0.5, 0.6) is 0 Å². The van der Waals surface area contributed by atoms with E-state index in [-0.39, 0.29) is 6.17 Å². The summed E-state index contributed by atoms with van der Waals surface area (Å²) in [5.74, 6) is 4.79. The number of amides is 1. The van der Waals surface area contributed by atoms with Crippen LogP contribution in [0.2, 0.25) is 0 Å². The summed E-state index contributed by atoms with van der Waals surface area (Å²) in [5, 5.41) is 7.36. The number of carbonyl (C=O) groups is 1. The molecule has 1 amide bonds. The highest BCUT2D eigenvalue weighted by Gasteiger charge is 2.61. The summed E-state index contributed by atoms with van der Waals surface area (Å²) in [7, 11) is 0. The van der Waals surface area contributed by atoms with E-state index in [2.05, 4.69) is 22.5 Å². The van der Waals surface area contributed by atoms with E-state index in [9.17, 15) is 4.79 Å². The third kappa shape index (κ3) is 1.87. The fourth-order valence-electron chi connectivity index (χ4n) is 7.64. The Hall–Kier alpha value is -0.260. The maximum atomic E-state index is 13.1. The topological polar surface area (TPSA) is 44.4 Å². The number of hydrazine groups is 1. The van der Waals surface area contributed by atoms with Crippen molar-refractivity contribution >= 4 is 17.7 Å². The van der Waals surface area contributed by atoms with Crippen molar-refractivity contribution in [2.45, 2.75) is 68.0 Å². The first-order valence-electron chi connectivity index (χ1n) is 10.3. The van der Waals surface area contributed by atoms with Crippen LogP contribution in [0.1, 0.15) is 51.4 Å². The second-order valence-corrected chi connectivity index (χ2v) is 10.6. The van der Waals surface area contributed by atoms with Gasteiger partial charge >= 0.3 is 0 Å². The number of hydrogen-bond acceptors (Lipinski definition) is 4. The SMILES string of the molecule is O=C1C2CCC3SC4CCCCC4C4CCC(C2C34)C2NCNN12.